The lowest BCUT2D eigenvalue weighted by atomic mass is 9.93. The number of aliphatic hydroxyl groups is 21. The van der Waals surface area contributed by atoms with E-state index in [1.807, 2.05) is 0 Å². The highest BCUT2D eigenvalue weighted by molar-refractivity contribution is 5.75. The van der Waals surface area contributed by atoms with Crippen molar-refractivity contribution in [2.75, 3.05) is 52.9 Å². The van der Waals surface area contributed by atoms with E-state index in [4.69, 9.17) is 71.1 Å². The minimum Gasteiger partial charge on any atom is -0.394 e. The molecule has 1 unspecified atom stereocenters. The van der Waals surface area contributed by atoms with Crippen LogP contribution in [0.3, 0.4) is 0 Å². The number of hydrogen-bond acceptors (Lipinski definition) is 41. The molecular weight excluding hydrogens is 1420 g/mol. The molecule has 0 bridgehead atoms. The smallest absolute Gasteiger partial charge is 0.217 e. The second kappa shape index (κ2) is 37.5. The molecule has 5 amide bonds. The van der Waals surface area contributed by atoms with Gasteiger partial charge in [-0.15, -0.1) is 0 Å². The van der Waals surface area contributed by atoms with Crippen molar-refractivity contribution in [3.05, 3.63) is 0 Å². The molecule has 0 aromatic carbocycles. The van der Waals surface area contributed by atoms with Gasteiger partial charge in [-0.3, -0.25) is 24.0 Å². The van der Waals surface area contributed by atoms with E-state index >= 15 is 0 Å². The van der Waals surface area contributed by atoms with E-state index in [9.17, 15) is 131 Å². The molecule has 8 saturated heterocycles. The Morgan fingerprint density at radius 3 is 0.875 bits per heavy atom. The molecule has 40 atom stereocenters. The van der Waals surface area contributed by atoms with Crippen molar-refractivity contribution < 1.29 is 202 Å². The summed E-state index contributed by atoms with van der Waals surface area (Å²) in [6.45, 7) is -3.56. The van der Waals surface area contributed by atoms with Gasteiger partial charge in [0.25, 0.3) is 0 Å². The van der Waals surface area contributed by atoms with Crippen molar-refractivity contribution in [1.82, 2.24) is 26.6 Å². The molecule has 0 spiro atoms. The summed E-state index contributed by atoms with van der Waals surface area (Å²) in [7, 11) is 0. The number of carbonyl (C=O) groups excluding carboxylic acids is 5. The molecule has 104 heavy (non-hydrogen) atoms. The van der Waals surface area contributed by atoms with E-state index in [0.717, 1.165) is 34.6 Å². The van der Waals surface area contributed by atoms with Crippen molar-refractivity contribution in [3.8, 4) is 0 Å². The summed E-state index contributed by atoms with van der Waals surface area (Å²) in [5.74, 6) is -4.26. The summed E-state index contributed by atoms with van der Waals surface area (Å²) in [6.07, 6.45) is -71.3. The number of nitrogens with one attached hydrogen (secondary N) is 5. The van der Waals surface area contributed by atoms with Gasteiger partial charge in [0.05, 0.1) is 52.9 Å². The maximum absolute atomic E-state index is 13.0. The van der Waals surface area contributed by atoms with Crippen LogP contribution in [-0.4, -0.2) is 435 Å². The van der Waals surface area contributed by atoms with Crippen LogP contribution in [-0.2, 0) is 95.0 Å². The van der Waals surface area contributed by atoms with Crippen LogP contribution in [0.4, 0.5) is 0 Å². The average Bonchev–Trinajstić information content (AvgIpc) is 0.776. The minimum absolute atomic E-state index is 0.772. The Kier molecular flexibility index (Phi) is 30.9. The van der Waals surface area contributed by atoms with Gasteiger partial charge in [0.1, 0.15) is 195 Å². The van der Waals surface area contributed by atoms with Crippen molar-refractivity contribution in [1.29, 1.82) is 0 Å². The van der Waals surface area contributed by atoms with E-state index in [0.29, 0.717) is 0 Å². The molecule has 26 N–H and O–H groups in total. The van der Waals surface area contributed by atoms with Crippen LogP contribution < -0.4 is 26.6 Å². The largest absolute Gasteiger partial charge is 0.394 e. The third-order valence-electron chi connectivity index (χ3n) is 18.7. The predicted octanol–water partition coefficient (Wildman–Crippen LogP) is -17.7. The zero-order valence-corrected chi connectivity index (χ0v) is 56.3. The maximum Gasteiger partial charge on any atom is 0.217 e. The summed E-state index contributed by atoms with van der Waals surface area (Å²) in [5.41, 5.74) is 0. The number of ether oxygens (including phenoxy) is 15. The van der Waals surface area contributed by atoms with Crippen LogP contribution in [0.5, 0.6) is 0 Å². The quantitative estimate of drug-likeness (QED) is 0.0363. The zero-order valence-electron chi connectivity index (χ0n) is 56.3. The highest BCUT2D eigenvalue weighted by Crippen LogP contribution is 2.39. The Balaban J connectivity index is 1.15. The standard InChI is InChI=1S/C58H97N5O41/c1-14(71)59-27-39(83)45(23(10-68)91-51(27)89)99-54-30(62-17(4)74)41(85)47(25(12-70)96-54)101-56-44(88)48(36(80)26(98-56)13-90-57-49(42(86)34(78)21(8-66)94-57)103-53-29(61-16(3)73)38(82)33(77)20(7-65)93-53)102-58-50(43(87)35(79)22(9-67)95-58)104-55-31(63-18(5)75)40(84)46(24(11-69)97-55)100-52-28(60-15(2)72)37(81)32(76)19(6-64)92-52/h19-58,64-70,76-89H,6-13H2,1-5H3,(H,59,71)(H,60,72)(H,61,73)(H,62,74)(H,63,75)/t19-,20-,21-,22-,23-,24-,25-,26-,27-,28-,29-,30-,31-,32+,33-,34-,35-,36-,37-,38-,39-,40-,41-,42+,43+,44+,45-,46-,47-,48+,49+,50+,51?,52+,53+,54+,55+,56+,57+,58-/m1/s1. The van der Waals surface area contributed by atoms with Gasteiger partial charge < -0.3 is 205 Å². The average molecular weight is 1520 g/mol. The van der Waals surface area contributed by atoms with Gasteiger partial charge in [-0.2, -0.15) is 0 Å². The normalized spacial score (nSPS) is 47.2. The van der Waals surface area contributed by atoms with Crippen molar-refractivity contribution >= 4 is 29.5 Å². The molecule has 46 nitrogen and oxygen atoms in total. The zero-order chi connectivity index (χ0) is 76.8. The molecule has 0 aromatic rings. The summed E-state index contributed by atoms with van der Waals surface area (Å²) >= 11 is 0. The Morgan fingerprint density at radius 2 is 0.510 bits per heavy atom. The number of amides is 5. The van der Waals surface area contributed by atoms with Crippen LogP contribution in [0.25, 0.3) is 0 Å². The molecule has 8 rings (SSSR count). The molecule has 0 aromatic heterocycles. The molecule has 600 valence electrons. The number of hydrogen-bond donors (Lipinski definition) is 26. The van der Waals surface area contributed by atoms with Gasteiger partial charge in [0, 0.05) is 34.6 Å². The third-order valence-corrected chi connectivity index (χ3v) is 18.7. The molecule has 0 aliphatic carbocycles. The van der Waals surface area contributed by atoms with Gasteiger partial charge in [-0.25, -0.2) is 0 Å². The highest BCUT2D eigenvalue weighted by Gasteiger charge is 2.60. The van der Waals surface area contributed by atoms with Crippen LogP contribution >= 0.6 is 0 Å². The van der Waals surface area contributed by atoms with Gasteiger partial charge >= 0.3 is 0 Å². The Bertz CT molecular complexity index is 2770. The van der Waals surface area contributed by atoms with Crippen LogP contribution in [0.1, 0.15) is 34.6 Å². The first-order chi connectivity index (χ1) is 49.2. The van der Waals surface area contributed by atoms with Crippen molar-refractivity contribution in [2.45, 2.75) is 280 Å². The highest BCUT2D eigenvalue weighted by atomic mass is 16.8. The number of carbonyl (C=O) groups is 5. The first-order valence-corrected chi connectivity index (χ1v) is 33.1. The summed E-state index contributed by atoms with van der Waals surface area (Å²) < 4.78 is 89.3. The Hall–Kier alpha value is -4.09. The number of rotatable bonds is 27. The van der Waals surface area contributed by atoms with Gasteiger partial charge in [0.15, 0.2) is 50.3 Å². The number of aliphatic hydroxyl groups excluding tert-OH is 21. The fourth-order valence-corrected chi connectivity index (χ4v) is 13.4. The van der Waals surface area contributed by atoms with E-state index in [1.165, 1.54) is 0 Å². The van der Waals surface area contributed by atoms with E-state index in [-0.39, 0.29) is 0 Å². The molecular formula is C58H97N5O41. The maximum atomic E-state index is 13.0. The topological polar surface area (TPSA) is 709 Å². The first-order valence-electron chi connectivity index (χ1n) is 33.1. The molecule has 8 aliphatic heterocycles. The Labute approximate surface area is 589 Å². The van der Waals surface area contributed by atoms with E-state index in [2.05, 4.69) is 26.6 Å². The fraction of sp³-hybridized carbons (Fsp3) is 0.914. The van der Waals surface area contributed by atoms with Gasteiger partial charge in [0.2, 0.25) is 29.5 Å². The molecule has 8 aliphatic rings. The van der Waals surface area contributed by atoms with Crippen LogP contribution in [0.15, 0.2) is 0 Å². The van der Waals surface area contributed by atoms with Crippen molar-refractivity contribution in [2.24, 2.45) is 0 Å². The van der Waals surface area contributed by atoms with E-state index in [1.54, 1.807) is 0 Å². The molecule has 46 heteroatoms. The second-order valence-corrected chi connectivity index (χ2v) is 26.1. The predicted molar refractivity (Wildman–Crippen MR) is 322 cm³/mol. The first kappa shape index (κ1) is 85.5. The Morgan fingerprint density at radius 1 is 0.250 bits per heavy atom. The fourth-order valence-electron chi connectivity index (χ4n) is 13.4. The monoisotopic (exact) mass is 1520 g/mol. The SMILES string of the molecule is CC(=O)N[C@H]1[C@H](O[C@H]2[C@H](O)[C@@H](NC(C)=O)C(O)O[C@@H]2CO)O[C@H](CO)[C@@H](O[C@@H]2O[C@H](CO[C@H]3O[C@H](CO)[C@@H](O)[C@H](O)[C@@H]3O[C@@H]3O[C@H](CO)[C@@H](O)[C@H](O)[C@H]3NC(C)=O)[C@@H](O)[C@H](O[C@H]3O[C@H](CO)[C@@H](O)[C@H](O)[C@@H]3O[C@@H]3O[C@H](CO)[C@@H](O[C@@H]4O[C@H](CO)[C@H](O)[C@H](O)[C@H]4NC(C)=O)[C@H](O)[C@H]3NC(C)=O)[C@@H]2O)[C@@H]1O. The summed E-state index contributed by atoms with van der Waals surface area (Å²) in [6, 6.07) is -8.81. The third kappa shape index (κ3) is 19.2. The van der Waals surface area contributed by atoms with Crippen LogP contribution in [0, 0.1) is 0 Å². The lowest BCUT2D eigenvalue weighted by Crippen LogP contribution is -2.71. The molecule has 8 fully saturated rings. The lowest BCUT2D eigenvalue weighted by molar-refractivity contribution is -0.397. The van der Waals surface area contributed by atoms with Crippen LogP contribution in [0.2, 0.25) is 0 Å². The molecule has 8 heterocycles. The lowest BCUT2D eigenvalue weighted by Gasteiger charge is -2.51. The molecule has 0 radical (unpaired) electrons. The summed E-state index contributed by atoms with van der Waals surface area (Å²) in [5, 5.41) is 246. The van der Waals surface area contributed by atoms with E-state index < -0.39 is 328 Å². The molecule has 0 saturated carbocycles. The van der Waals surface area contributed by atoms with Gasteiger partial charge in [-0.1, -0.05) is 0 Å². The minimum atomic E-state index is -2.53. The van der Waals surface area contributed by atoms with Gasteiger partial charge in [-0.05, 0) is 0 Å². The summed E-state index contributed by atoms with van der Waals surface area (Å²) in [4.78, 5) is 62.7. The second-order valence-electron chi connectivity index (χ2n) is 26.1. The van der Waals surface area contributed by atoms with Crippen molar-refractivity contribution in [3.63, 3.8) is 0 Å².